The van der Waals surface area contributed by atoms with E-state index in [1.807, 2.05) is 30.3 Å². The maximum Gasteiger partial charge on any atom is 0.234 e. The molecule has 1 amide bonds. The van der Waals surface area contributed by atoms with E-state index in [0.29, 0.717) is 19.5 Å². The molecule has 1 aliphatic rings. The molecule has 0 unspecified atom stereocenters. The van der Waals surface area contributed by atoms with Crippen molar-refractivity contribution >= 4 is 17.3 Å². The van der Waals surface area contributed by atoms with Gasteiger partial charge in [0, 0.05) is 44.1 Å². The molecule has 3 N–H and O–H groups in total. The Bertz CT molecular complexity index is 500. The van der Waals surface area contributed by atoms with Gasteiger partial charge in [-0.1, -0.05) is 0 Å². The highest BCUT2D eigenvalue weighted by atomic mass is 16.2. The number of nitrogens with two attached hydrogens (primary N) is 1. The highest BCUT2D eigenvalue weighted by molar-refractivity contribution is 5.78. The van der Waals surface area contributed by atoms with E-state index < -0.39 is 0 Å². The molecule has 0 aliphatic carbocycles. The molecule has 0 spiro atoms. The molecule has 1 fully saturated rings. The molecule has 112 valence electrons. The van der Waals surface area contributed by atoms with Crippen molar-refractivity contribution in [2.45, 2.75) is 6.42 Å². The molecule has 1 aromatic rings. The van der Waals surface area contributed by atoms with Crippen molar-refractivity contribution < 1.29 is 4.79 Å². The zero-order valence-electron chi connectivity index (χ0n) is 12.1. The number of benzene rings is 1. The number of nitrogens with one attached hydrogen (secondary N) is 1. The molecule has 0 atom stereocenters. The Labute approximate surface area is 125 Å². The quantitative estimate of drug-likeness (QED) is 0.605. The maximum absolute atomic E-state index is 11.7. The SMILES string of the molecule is N#CCCNC(=O)CN1CCN(c2ccc(N)cc2)CC1. The van der Waals surface area contributed by atoms with E-state index in [1.165, 1.54) is 5.69 Å². The van der Waals surface area contributed by atoms with E-state index in [4.69, 9.17) is 11.0 Å². The lowest BCUT2D eigenvalue weighted by molar-refractivity contribution is -0.122. The molecule has 21 heavy (non-hydrogen) atoms. The fourth-order valence-electron chi connectivity index (χ4n) is 2.37. The van der Waals surface area contributed by atoms with Gasteiger partial charge in [-0.25, -0.2) is 0 Å². The van der Waals surface area contributed by atoms with Crippen molar-refractivity contribution in [3.05, 3.63) is 24.3 Å². The average Bonchev–Trinajstić information content (AvgIpc) is 2.49. The first kappa shape index (κ1) is 15.1. The number of carbonyl (C=O) groups is 1. The van der Waals surface area contributed by atoms with E-state index in [-0.39, 0.29) is 5.91 Å². The van der Waals surface area contributed by atoms with Crippen molar-refractivity contribution in [3.63, 3.8) is 0 Å². The molecule has 1 heterocycles. The summed E-state index contributed by atoms with van der Waals surface area (Å²) in [5.41, 5.74) is 7.63. The fourth-order valence-corrected chi connectivity index (χ4v) is 2.37. The third-order valence-electron chi connectivity index (χ3n) is 3.56. The Kier molecular flexibility index (Phi) is 5.41. The molecule has 1 aromatic carbocycles. The Morgan fingerprint density at radius 1 is 1.24 bits per heavy atom. The normalized spacial score (nSPS) is 15.5. The molecular formula is C15H21N5O. The minimum atomic E-state index is -0.00816. The van der Waals surface area contributed by atoms with Gasteiger partial charge in [0.25, 0.3) is 0 Å². The molecule has 6 heteroatoms. The second-order valence-corrected chi connectivity index (χ2v) is 5.11. The van der Waals surface area contributed by atoms with Gasteiger partial charge in [-0.2, -0.15) is 5.26 Å². The number of anilines is 2. The van der Waals surface area contributed by atoms with Crippen molar-refractivity contribution in [1.82, 2.24) is 10.2 Å². The topological polar surface area (TPSA) is 85.4 Å². The molecule has 6 nitrogen and oxygen atoms in total. The minimum absolute atomic E-state index is 0.00816. The average molecular weight is 287 g/mol. The van der Waals surface area contributed by atoms with Gasteiger partial charge in [0.05, 0.1) is 19.0 Å². The number of hydrogen-bond acceptors (Lipinski definition) is 5. The van der Waals surface area contributed by atoms with Crippen LogP contribution in [0.2, 0.25) is 0 Å². The van der Waals surface area contributed by atoms with Gasteiger partial charge in [-0.15, -0.1) is 0 Å². The van der Waals surface area contributed by atoms with E-state index in [9.17, 15) is 4.79 Å². The number of rotatable bonds is 5. The van der Waals surface area contributed by atoms with Crippen LogP contribution in [0.1, 0.15) is 6.42 Å². The van der Waals surface area contributed by atoms with Crippen LogP contribution in [0.25, 0.3) is 0 Å². The van der Waals surface area contributed by atoms with E-state index in [0.717, 1.165) is 31.9 Å². The Morgan fingerprint density at radius 2 is 1.90 bits per heavy atom. The summed E-state index contributed by atoms with van der Waals surface area (Å²) in [4.78, 5) is 16.1. The van der Waals surface area contributed by atoms with Crippen LogP contribution < -0.4 is 16.0 Å². The summed E-state index contributed by atoms with van der Waals surface area (Å²) in [7, 11) is 0. The lowest BCUT2D eigenvalue weighted by Gasteiger charge is -2.35. The van der Waals surface area contributed by atoms with Gasteiger partial charge < -0.3 is 16.0 Å². The van der Waals surface area contributed by atoms with Crippen LogP contribution in [0.15, 0.2) is 24.3 Å². The van der Waals surface area contributed by atoms with Crippen LogP contribution in [-0.4, -0.2) is 50.1 Å². The Hall–Kier alpha value is -2.26. The molecule has 2 rings (SSSR count). The van der Waals surface area contributed by atoms with Crippen LogP contribution in [0.5, 0.6) is 0 Å². The first-order chi connectivity index (χ1) is 10.2. The second kappa shape index (κ2) is 7.50. The number of carbonyl (C=O) groups excluding carboxylic acids is 1. The Balaban J connectivity index is 1.74. The largest absolute Gasteiger partial charge is 0.399 e. The number of nitrogen functional groups attached to an aromatic ring is 1. The molecule has 1 saturated heterocycles. The van der Waals surface area contributed by atoms with Crippen molar-refractivity contribution in [2.24, 2.45) is 0 Å². The summed E-state index contributed by atoms with van der Waals surface area (Å²) >= 11 is 0. The molecular weight excluding hydrogens is 266 g/mol. The van der Waals surface area contributed by atoms with Crippen LogP contribution in [0.4, 0.5) is 11.4 Å². The molecule has 1 aliphatic heterocycles. The highest BCUT2D eigenvalue weighted by Gasteiger charge is 2.18. The number of piperazine rings is 1. The Morgan fingerprint density at radius 3 is 2.52 bits per heavy atom. The standard InChI is InChI=1S/C15H21N5O/c16-6-1-7-18-15(21)12-19-8-10-20(11-9-19)14-4-2-13(17)3-5-14/h2-5H,1,7-12,17H2,(H,18,21). The smallest absolute Gasteiger partial charge is 0.234 e. The van der Waals surface area contributed by atoms with Crippen molar-refractivity contribution in [2.75, 3.05) is 49.9 Å². The third kappa shape index (κ3) is 4.65. The van der Waals surface area contributed by atoms with Crippen LogP contribution in [-0.2, 0) is 4.79 Å². The van der Waals surface area contributed by atoms with Crippen LogP contribution >= 0.6 is 0 Å². The molecule has 0 bridgehead atoms. The predicted molar refractivity (Wildman–Crippen MR) is 82.7 cm³/mol. The number of nitriles is 1. The monoisotopic (exact) mass is 287 g/mol. The summed E-state index contributed by atoms with van der Waals surface area (Å²) in [6, 6.07) is 9.88. The van der Waals surface area contributed by atoms with Gasteiger partial charge >= 0.3 is 0 Å². The summed E-state index contributed by atoms with van der Waals surface area (Å²) in [6.07, 6.45) is 0.358. The summed E-state index contributed by atoms with van der Waals surface area (Å²) in [6.45, 7) is 4.35. The minimum Gasteiger partial charge on any atom is -0.399 e. The predicted octanol–water partition coefficient (Wildman–Crippen LogP) is 0.421. The van der Waals surface area contributed by atoms with E-state index in [2.05, 4.69) is 15.1 Å². The molecule has 0 saturated carbocycles. The maximum atomic E-state index is 11.7. The highest BCUT2D eigenvalue weighted by Crippen LogP contribution is 2.17. The van der Waals surface area contributed by atoms with Gasteiger partial charge in [0.2, 0.25) is 5.91 Å². The van der Waals surface area contributed by atoms with Gasteiger partial charge in [0.15, 0.2) is 0 Å². The third-order valence-corrected chi connectivity index (χ3v) is 3.56. The second-order valence-electron chi connectivity index (χ2n) is 5.11. The van der Waals surface area contributed by atoms with Crippen molar-refractivity contribution in [1.29, 1.82) is 5.26 Å². The lowest BCUT2D eigenvalue weighted by atomic mass is 10.2. The van der Waals surface area contributed by atoms with Gasteiger partial charge in [-0.05, 0) is 24.3 Å². The van der Waals surface area contributed by atoms with Crippen LogP contribution in [0.3, 0.4) is 0 Å². The lowest BCUT2D eigenvalue weighted by Crippen LogP contribution is -2.49. The first-order valence-corrected chi connectivity index (χ1v) is 7.15. The summed E-state index contributed by atoms with van der Waals surface area (Å²) in [5, 5.41) is 11.2. The first-order valence-electron chi connectivity index (χ1n) is 7.15. The van der Waals surface area contributed by atoms with Crippen molar-refractivity contribution in [3.8, 4) is 6.07 Å². The molecule has 0 radical (unpaired) electrons. The van der Waals surface area contributed by atoms with Crippen LogP contribution in [0, 0.1) is 11.3 Å². The zero-order chi connectivity index (χ0) is 15.1. The number of amides is 1. The zero-order valence-corrected chi connectivity index (χ0v) is 12.1. The number of hydrogen-bond donors (Lipinski definition) is 2. The summed E-state index contributed by atoms with van der Waals surface area (Å²) in [5.74, 6) is -0.00816. The summed E-state index contributed by atoms with van der Waals surface area (Å²) < 4.78 is 0. The van der Waals surface area contributed by atoms with E-state index in [1.54, 1.807) is 0 Å². The van der Waals surface area contributed by atoms with Gasteiger partial charge in [0.1, 0.15) is 0 Å². The fraction of sp³-hybridized carbons (Fsp3) is 0.467. The van der Waals surface area contributed by atoms with E-state index >= 15 is 0 Å². The molecule has 0 aromatic heterocycles. The van der Waals surface area contributed by atoms with Gasteiger partial charge in [-0.3, -0.25) is 9.69 Å². The number of nitrogens with zero attached hydrogens (tertiary/aromatic N) is 3.